The highest BCUT2D eigenvalue weighted by molar-refractivity contribution is 5.69. The Balaban J connectivity index is 1.30. The van der Waals surface area contributed by atoms with Crippen LogP contribution in [0.3, 0.4) is 0 Å². The van der Waals surface area contributed by atoms with Crippen molar-refractivity contribution in [3.05, 3.63) is 101 Å². The summed E-state index contributed by atoms with van der Waals surface area (Å²) in [4.78, 5) is 8.82. The van der Waals surface area contributed by atoms with Gasteiger partial charge in [0, 0.05) is 35.7 Å². The number of alkyl halides is 2. The highest BCUT2D eigenvalue weighted by Gasteiger charge is 2.41. The van der Waals surface area contributed by atoms with Gasteiger partial charge in [0.2, 0.25) is 0 Å². The zero-order chi connectivity index (χ0) is 33.0. The zero-order valence-corrected chi connectivity index (χ0v) is 24.9. The van der Waals surface area contributed by atoms with E-state index in [2.05, 4.69) is 21.6 Å². The van der Waals surface area contributed by atoms with Crippen molar-refractivity contribution in [3.63, 3.8) is 0 Å². The maximum Gasteiger partial charge on any atom is 0.432 e. The van der Waals surface area contributed by atoms with Crippen molar-refractivity contribution in [1.82, 2.24) is 9.97 Å². The van der Waals surface area contributed by atoms with Crippen LogP contribution < -0.4 is 4.74 Å². The van der Waals surface area contributed by atoms with Crippen LogP contribution in [-0.4, -0.2) is 9.97 Å². The first-order chi connectivity index (χ1) is 22.0. The Bertz CT molecular complexity index is 1700. The molecule has 4 aromatic rings. The lowest BCUT2D eigenvalue weighted by Crippen LogP contribution is -2.25. The Labute approximate surface area is 261 Å². The number of ether oxygens (including phenoxy) is 1. The Hall–Kier alpha value is -4.46. The summed E-state index contributed by atoms with van der Waals surface area (Å²) < 4.78 is 106. The molecule has 1 aliphatic rings. The van der Waals surface area contributed by atoms with E-state index in [0.717, 1.165) is 30.4 Å². The molecule has 240 valence electrons. The SMILES string of the molecule is CCCCCC1CCC(c2cnc(-c3ccc(-c4cc(F)c(C(F)(F)Oc5cc(F)c(C#N)c(F)c5)c(F)c4)c(F)c3)nc2)CC1. The summed E-state index contributed by atoms with van der Waals surface area (Å²) in [5.74, 6) is -7.19. The molecule has 0 radical (unpaired) electrons. The topological polar surface area (TPSA) is 58.8 Å². The molecule has 0 unspecified atom stereocenters. The highest BCUT2D eigenvalue weighted by atomic mass is 19.3. The second-order valence-electron chi connectivity index (χ2n) is 11.6. The Morgan fingerprint density at radius 2 is 1.41 bits per heavy atom. The van der Waals surface area contributed by atoms with Gasteiger partial charge in [-0.2, -0.15) is 14.0 Å². The van der Waals surface area contributed by atoms with Crippen molar-refractivity contribution in [2.45, 2.75) is 70.3 Å². The van der Waals surface area contributed by atoms with Crippen LogP contribution >= 0.6 is 0 Å². The van der Waals surface area contributed by atoms with Crippen molar-refractivity contribution in [1.29, 1.82) is 5.26 Å². The Morgan fingerprint density at radius 1 is 0.804 bits per heavy atom. The minimum Gasteiger partial charge on any atom is -0.429 e. The standard InChI is InChI=1S/C35H30F7N3O/c1-2-3-4-5-20-6-8-21(9-7-20)24-18-44-34(45-19-24)22-10-11-26(28(36)12-22)23-13-31(39)33(32(40)14-23)35(41,42)46-25-15-29(37)27(17-43)30(38)16-25/h10-16,18-21H,2-9H2,1H3. The fourth-order valence-corrected chi connectivity index (χ4v) is 5.98. The molecular formula is C35H30F7N3O. The lowest BCUT2D eigenvalue weighted by atomic mass is 9.77. The van der Waals surface area contributed by atoms with E-state index in [9.17, 15) is 26.3 Å². The minimum absolute atomic E-state index is 0.252. The minimum atomic E-state index is -4.72. The number of hydrogen-bond donors (Lipinski definition) is 0. The van der Waals surface area contributed by atoms with Crippen molar-refractivity contribution in [2.24, 2.45) is 5.92 Å². The average molecular weight is 642 g/mol. The number of hydrogen-bond acceptors (Lipinski definition) is 4. The van der Waals surface area contributed by atoms with Gasteiger partial charge >= 0.3 is 6.11 Å². The normalized spacial score (nSPS) is 16.7. The number of aromatic nitrogens is 2. The van der Waals surface area contributed by atoms with E-state index in [1.165, 1.54) is 56.7 Å². The third-order valence-electron chi connectivity index (χ3n) is 8.45. The van der Waals surface area contributed by atoms with E-state index in [1.54, 1.807) is 12.4 Å². The lowest BCUT2D eigenvalue weighted by Gasteiger charge is -2.28. The van der Waals surface area contributed by atoms with Gasteiger partial charge in [0.1, 0.15) is 52.0 Å². The van der Waals surface area contributed by atoms with Crippen molar-refractivity contribution >= 4 is 0 Å². The number of nitrogens with zero attached hydrogens (tertiary/aromatic N) is 3. The van der Waals surface area contributed by atoms with E-state index in [-0.39, 0.29) is 29.1 Å². The second-order valence-corrected chi connectivity index (χ2v) is 11.6. The van der Waals surface area contributed by atoms with Gasteiger partial charge in [-0.15, -0.1) is 0 Å². The zero-order valence-electron chi connectivity index (χ0n) is 24.9. The maximum atomic E-state index is 15.2. The smallest absolute Gasteiger partial charge is 0.429 e. The molecule has 0 bridgehead atoms. The first kappa shape index (κ1) is 32.9. The molecule has 1 saturated carbocycles. The predicted octanol–water partition coefficient (Wildman–Crippen LogP) is 10.4. The van der Waals surface area contributed by atoms with Crippen molar-refractivity contribution in [3.8, 4) is 34.3 Å². The van der Waals surface area contributed by atoms with Crippen LogP contribution in [0.4, 0.5) is 30.7 Å². The molecule has 46 heavy (non-hydrogen) atoms. The summed E-state index contributed by atoms with van der Waals surface area (Å²) in [7, 11) is 0. The second kappa shape index (κ2) is 13.9. The van der Waals surface area contributed by atoms with Crippen LogP contribution in [0.2, 0.25) is 0 Å². The molecule has 0 aliphatic heterocycles. The molecule has 4 nitrogen and oxygen atoms in total. The molecule has 1 aromatic heterocycles. The van der Waals surface area contributed by atoms with E-state index in [0.29, 0.717) is 23.6 Å². The molecule has 1 aliphatic carbocycles. The summed E-state index contributed by atoms with van der Waals surface area (Å²) >= 11 is 0. The molecule has 1 heterocycles. The third kappa shape index (κ3) is 7.16. The summed E-state index contributed by atoms with van der Waals surface area (Å²) in [6.45, 7) is 2.20. The van der Waals surface area contributed by atoms with E-state index < -0.39 is 52.1 Å². The summed E-state index contributed by atoms with van der Waals surface area (Å²) in [6.07, 6.45) is 8.26. The molecule has 0 atom stereocenters. The lowest BCUT2D eigenvalue weighted by molar-refractivity contribution is -0.189. The van der Waals surface area contributed by atoms with E-state index >= 15 is 4.39 Å². The Kier molecular flexibility index (Phi) is 9.94. The monoisotopic (exact) mass is 641 g/mol. The van der Waals surface area contributed by atoms with Crippen molar-refractivity contribution < 1.29 is 35.5 Å². The van der Waals surface area contributed by atoms with Crippen LogP contribution in [-0.2, 0) is 6.11 Å². The van der Waals surface area contributed by atoms with Gasteiger partial charge in [-0.25, -0.2) is 31.9 Å². The van der Waals surface area contributed by atoms with Crippen LogP contribution in [0, 0.1) is 46.3 Å². The molecule has 11 heteroatoms. The quantitative estimate of drug-likeness (QED) is 0.128. The van der Waals surface area contributed by atoms with Gasteiger partial charge in [0.05, 0.1) is 0 Å². The number of nitriles is 1. The van der Waals surface area contributed by atoms with Gasteiger partial charge in [-0.3, -0.25) is 0 Å². The Morgan fingerprint density at radius 3 is 1.98 bits per heavy atom. The number of rotatable bonds is 10. The fourth-order valence-electron chi connectivity index (χ4n) is 5.98. The molecule has 0 saturated heterocycles. The van der Waals surface area contributed by atoms with Gasteiger partial charge in [0.15, 0.2) is 5.82 Å². The maximum absolute atomic E-state index is 15.2. The summed E-state index contributed by atoms with van der Waals surface area (Å²) in [5, 5.41) is 8.72. The molecule has 5 rings (SSSR count). The molecule has 3 aromatic carbocycles. The first-order valence-corrected chi connectivity index (χ1v) is 15.1. The van der Waals surface area contributed by atoms with Crippen LogP contribution in [0.25, 0.3) is 22.5 Å². The molecule has 0 N–H and O–H groups in total. The third-order valence-corrected chi connectivity index (χ3v) is 8.45. The fraction of sp³-hybridized carbons (Fsp3) is 0.343. The summed E-state index contributed by atoms with van der Waals surface area (Å²) in [5.41, 5.74) is -2.21. The van der Waals surface area contributed by atoms with Crippen LogP contribution in [0.5, 0.6) is 5.75 Å². The highest BCUT2D eigenvalue weighted by Crippen LogP contribution is 2.40. The number of halogens is 7. The summed E-state index contributed by atoms with van der Waals surface area (Å²) in [6, 6.07) is 6.54. The van der Waals surface area contributed by atoms with Gasteiger partial charge < -0.3 is 4.74 Å². The number of unbranched alkanes of at least 4 members (excludes halogenated alkanes) is 2. The molecule has 0 spiro atoms. The van der Waals surface area contributed by atoms with E-state index in [4.69, 9.17) is 5.26 Å². The predicted molar refractivity (Wildman–Crippen MR) is 157 cm³/mol. The van der Waals surface area contributed by atoms with Gasteiger partial charge in [-0.1, -0.05) is 44.7 Å². The molecular weight excluding hydrogens is 611 g/mol. The first-order valence-electron chi connectivity index (χ1n) is 15.1. The molecule has 1 fully saturated rings. The van der Waals surface area contributed by atoms with Gasteiger partial charge in [-0.05, 0) is 66.8 Å². The largest absolute Gasteiger partial charge is 0.432 e. The molecule has 0 amide bonds. The van der Waals surface area contributed by atoms with E-state index in [1.807, 2.05) is 0 Å². The van der Waals surface area contributed by atoms with Crippen LogP contribution in [0.15, 0.2) is 54.9 Å². The average Bonchev–Trinajstić information content (AvgIpc) is 3.01. The van der Waals surface area contributed by atoms with Crippen LogP contribution in [0.1, 0.15) is 80.9 Å². The van der Waals surface area contributed by atoms with Crippen molar-refractivity contribution in [2.75, 3.05) is 0 Å². The van der Waals surface area contributed by atoms with Gasteiger partial charge in [0.25, 0.3) is 0 Å². The number of benzene rings is 3.